The number of nitrogens with zero attached hydrogens (tertiary/aromatic N) is 1. The van der Waals surface area contributed by atoms with Gasteiger partial charge in [0.05, 0.1) is 11.0 Å². The minimum absolute atomic E-state index is 0.467. The summed E-state index contributed by atoms with van der Waals surface area (Å²) in [6.45, 7) is 0.550. The van der Waals surface area contributed by atoms with Gasteiger partial charge < -0.3 is 15.0 Å². The smallest absolute Gasteiger partial charge is 0.249 e. The van der Waals surface area contributed by atoms with Crippen LogP contribution in [0, 0.1) is 0 Å². The normalized spacial score (nSPS) is 11.2. The molecule has 0 unspecified atom stereocenters. The van der Waals surface area contributed by atoms with E-state index in [1.165, 1.54) is 0 Å². The molecule has 2 N–H and O–H groups in total. The number of hydrogen-bond donors (Lipinski definition) is 1. The second-order valence-corrected chi connectivity index (χ2v) is 9.86. The predicted molar refractivity (Wildman–Crippen MR) is 155 cm³/mol. The molecule has 5 aromatic carbocycles. The van der Waals surface area contributed by atoms with Crippen LogP contribution in [-0.4, -0.2) is 10.5 Å². The third-order valence-electron chi connectivity index (χ3n) is 6.63. The van der Waals surface area contributed by atoms with Crippen LogP contribution in [0.3, 0.4) is 0 Å². The molecule has 0 aliphatic carbocycles. The lowest BCUT2D eigenvalue weighted by Gasteiger charge is -2.12. The molecule has 0 spiro atoms. The van der Waals surface area contributed by atoms with Crippen LogP contribution >= 0.6 is 23.2 Å². The van der Waals surface area contributed by atoms with Crippen LogP contribution in [0.4, 0.5) is 0 Å². The van der Waals surface area contributed by atoms with Gasteiger partial charge in [0, 0.05) is 38.5 Å². The molecule has 0 aliphatic rings. The molecule has 1 aromatic heterocycles. The highest BCUT2D eigenvalue weighted by Gasteiger charge is 2.18. The fourth-order valence-electron chi connectivity index (χ4n) is 4.96. The summed E-state index contributed by atoms with van der Waals surface area (Å²) < 4.78 is 8.25. The number of carbonyl (C=O) groups is 1. The zero-order valence-electron chi connectivity index (χ0n) is 20.2. The minimum atomic E-state index is -0.467. The molecule has 6 heteroatoms. The molecule has 1 heterocycles. The van der Waals surface area contributed by atoms with Crippen molar-refractivity contribution in [1.82, 2.24) is 4.57 Å². The number of aromatic nitrogens is 1. The van der Waals surface area contributed by atoms with Crippen molar-refractivity contribution < 1.29 is 9.53 Å². The van der Waals surface area contributed by atoms with Crippen molar-refractivity contribution in [2.75, 3.05) is 0 Å². The molecule has 0 fully saturated rings. The molecule has 186 valence electrons. The first-order valence-corrected chi connectivity index (χ1v) is 12.9. The molecule has 0 saturated carbocycles. The third kappa shape index (κ3) is 4.38. The Hall–Kier alpha value is -4.25. The number of rotatable bonds is 6. The lowest BCUT2D eigenvalue weighted by molar-refractivity contribution is 0.100. The molecule has 6 aromatic rings. The van der Waals surface area contributed by atoms with Gasteiger partial charge in [-0.05, 0) is 65.7 Å². The number of nitrogens with two attached hydrogens (primary N) is 1. The fourth-order valence-corrected chi connectivity index (χ4v) is 5.58. The van der Waals surface area contributed by atoms with Crippen LogP contribution in [-0.2, 0) is 6.54 Å². The fraction of sp³-hybridized carbons (Fsp3) is 0.0312. The summed E-state index contributed by atoms with van der Waals surface area (Å²) in [4.78, 5) is 12.4. The van der Waals surface area contributed by atoms with Gasteiger partial charge in [0.2, 0.25) is 5.91 Å². The van der Waals surface area contributed by atoms with Crippen molar-refractivity contribution in [2.45, 2.75) is 6.54 Å². The maximum atomic E-state index is 12.4. The summed E-state index contributed by atoms with van der Waals surface area (Å²) in [6.07, 6.45) is 0. The van der Waals surface area contributed by atoms with Gasteiger partial charge in [0.25, 0.3) is 0 Å². The number of ether oxygens (including phenoxy) is 1. The summed E-state index contributed by atoms with van der Waals surface area (Å²) in [7, 11) is 0. The summed E-state index contributed by atoms with van der Waals surface area (Å²) in [5.74, 6) is 1.05. The van der Waals surface area contributed by atoms with Gasteiger partial charge >= 0.3 is 0 Å². The van der Waals surface area contributed by atoms with Crippen LogP contribution in [0.2, 0.25) is 10.0 Å². The van der Waals surface area contributed by atoms with Crippen LogP contribution in [0.25, 0.3) is 32.9 Å². The molecular weight excluding hydrogens is 515 g/mol. The monoisotopic (exact) mass is 536 g/mol. The maximum absolute atomic E-state index is 12.4. The van der Waals surface area contributed by atoms with E-state index in [0.717, 1.165) is 50.0 Å². The number of primary amides is 1. The van der Waals surface area contributed by atoms with Gasteiger partial charge in [-0.3, -0.25) is 4.79 Å². The lowest BCUT2D eigenvalue weighted by Crippen LogP contribution is -2.11. The van der Waals surface area contributed by atoms with Gasteiger partial charge in [-0.25, -0.2) is 0 Å². The van der Waals surface area contributed by atoms with Crippen molar-refractivity contribution in [1.29, 1.82) is 0 Å². The van der Waals surface area contributed by atoms with E-state index < -0.39 is 5.91 Å². The van der Waals surface area contributed by atoms with Crippen LogP contribution < -0.4 is 10.5 Å². The first-order chi connectivity index (χ1) is 18.5. The largest absolute Gasteiger partial charge is 0.457 e. The molecule has 1 amide bonds. The van der Waals surface area contributed by atoms with Crippen molar-refractivity contribution in [3.8, 4) is 22.6 Å². The van der Waals surface area contributed by atoms with E-state index in [-0.39, 0.29) is 0 Å². The number of para-hydroxylation sites is 1. The van der Waals surface area contributed by atoms with Crippen molar-refractivity contribution in [2.24, 2.45) is 5.73 Å². The van der Waals surface area contributed by atoms with Gasteiger partial charge in [-0.1, -0.05) is 77.8 Å². The minimum Gasteiger partial charge on any atom is -0.457 e. The average molecular weight is 537 g/mol. The number of fused-ring (bicyclic) bond motifs is 3. The SMILES string of the molecule is NC(=O)c1cccc2c1c1ccc(-c3c(Cl)cccc3Cl)cc1n2Cc1cccc(Oc2ccccc2)c1. The van der Waals surface area contributed by atoms with E-state index in [2.05, 4.69) is 16.7 Å². The maximum Gasteiger partial charge on any atom is 0.249 e. The summed E-state index contributed by atoms with van der Waals surface area (Å²) >= 11 is 13.1. The summed E-state index contributed by atoms with van der Waals surface area (Å²) in [6, 6.07) is 34.8. The molecular formula is C32H22Cl2N2O2. The van der Waals surface area contributed by atoms with E-state index >= 15 is 0 Å². The topological polar surface area (TPSA) is 57.2 Å². The highest BCUT2D eigenvalue weighted by Crippen LogP contribution is 2.39. The molecule has 0 aliphatic heterocycles. The zero-order valence-corrected chi connectivity index (χ0v) is 21.7. The average Bonchev–Trinajstić information content (AvgIpc) is 3.22. The summed E-state index contributed by atoms with van der Waals surface area (Å²) in [5, 5.41) is 2.90. The number of amides is 1. The van der Waals surface area contributed by atoms with Gasteiger partial charge in [-0.15, -0.1) is 0 Å². The second-order valence-electron chi connectivity index (χ2n) is 9.04. The van der Waals surface area contributed by atoms with Crippen LogP contribution in [0.5, 0.6) is 11.5 Å². The molecule has 0 saturated heterocycles. The van der Waals surface area contributed by atoms with Gasteiger partial charge in [-0.2, -0.15) is 0 Å². The Bertz CT molecular complexity index is 1810. The quantitative estimate of drug-likeness (QED) is 0.231. The first kappa shape index (κ1) is 24.1. The molecule has 0 radical (unpaired) electrons. The Labute approximate surface area is 229 Å². The highest BCUT2D eigenvalue weighted by molar-refractivity contribution is 6.39. The lowest BCUT2D eigenvalue weighted by atomic mass is 10.0. The Morgan fingerprint density at radius 1 is 0.737 bits per heavy atom. The van der Waals surface area contributed by atoms with Crippen molar-refractivity contribution in [3.05, 3.63) is 130 Å². The first-order valence-electron chi connectivity index (χ1n) is 12.1. The predicted octanol–water partition coefficient (Wildman–Crippen LogP) is 8.71. The Morgan fingerprint density at radius 3 is 2.21 bits per heavy atom. The van der Waals surface area contributed by atoms with E-state index in [1.807, 2.05) is 91.0 Å². The van der Waals surface area contributed by atoms with Crippen LogP contribution in [0.15, 0.2) is 109 Å². The van der Waals surface area contributed by atoms with Gasteiger partial charge in [0.1, 0.15) is 11.5 Å². The van der Waals surface area contributed by atoms with Crippen molar-refractivity contribution >= 4 is 50.9 Å². The van der Waals surface area contributed by atoms with E-state index in [9.17, 15) is 4.79 Å². The molecule has 0 atom stereocenters. The zero-order chi connectivity index (χ0) is 26.2. The molecule has 38 heavy (non-hydrogen) atoms. The number of carbonyl (C=O) groups excluding carboxylic acids is 1. The number of halogens is 2. The summed E-state index contributed by atoms with van der Waals surface area (Å²) in [5.41, 5.74) is 10.8. The third-order valence-corrected chi connectivity index (χ3v) is 7.26. The van der Waals surface area contributed by atoms with E-state index in [1.54, 1.807) is 6.07 Å². The van der Waals surface area contributed by atoms with Crippen LogP contribution in [0.1, 0.15) is 15.9 Å². The molecule has 0 bridgehead atoms. The Morgan fingerprint density at radius 2 is 1.45 bits per heavy atom. The highest BCUT2D eigenvalue weighted by atomic mass is 35.5. The Kier molecular flexibility index (Phi) is 6.28. The standard InChI is InChI=1S/C32H22Cl2N2O2/c33-26-12-6-13-27(34)30(26)21-15-16-24-29(18-21)36(28-14-5-11-25(31(24)28)32(35)37)19-20-7-4-10-23(17-20)38-22-8-2-1-3-9-22/h1-18H,19H2,(H2,35,37). The number of benzene rings is 5. The van der Waals surface area contributed by atoms with E-state index in [0.29, 0.717) is 22.2 Å². The second kappa shape index (κ2) is 9.90. The molecule has 4 nitrogen and oxygen atoms in total. The number of hydrogen-bond acceptors (Lipinski definition) is 2. The molecule has 6 rings (SSSR count). The van der Waals surface area contributed by atoms with Crippen molar-refractivity contribution in [3.63, 3.8) is 0 Å². The Balaban J connectivity index is 1.53. The van der Waals surface area contributed by atoms with Gasteiger partial charge in [0.15, 0.2) is 0 Å². The van der Waals surface area contributed by atoms with E-state index in [4.69, 9.17) is 33.7 Å².